The van der Waals surface area contributed by atoms with Crippen LogP contribution < -0.4 is 10.2 Å². The van der Waals surface area contributed by atoms with Crippen LogP contribution in [-0.2, 0) is 4.79 Å². The van der Waals surface area contributed by atoms with Crippen molar-refractivity contribution in [1.82, 2.24) is 10.3 Å². The van der Waals surface area contributed by atoms with E-state index >= 15 is 0 Å². The van der Waals surface area contributed by atoms with E-state index in [1.807, 2.05) is 0 Å². The Morgan fingerprint density at radius 1 is 1.67 bits per heavy atom. The van der Waals surface area contributed by atoms with Crippen molar-refractivity contribution in [2.24, 2.45) is 0 Å². The van der Waals surface area contributed by atoms with E-state index < -0.39 is 17.8 Å². The summed E-state index contributed by atoms with van der Waals surface area (Å²) in [5, 5.41) is 11.7. The number of pyridine rings is 1. The van der Waals surface area contributed by atoms with E-state index in [-0.39, 0.29) is 17.3 Å². The SMILES string of the molecule is CC1C(=O)NCCN1c1ncc(F)cc1C(=O)O. The number of carboxylic acid groups (broad SMARTS) is 1. The molecule has 1 amide bonds. The first-order valence-electron chi connectivity index (χ1n) is 5.44. The number of hydrogen-bond donors (Lipinski definition) is 2. The number of hydrogen-bond acceptors (Lipinski definition) is 4. The zero-order chi connectivity index (χ0) is 13.3. The predicted molar refractivity (Wildman–Crippen MR) is 61.0 cm³/mol. The first-order valence-corrected chi connectivity index (χ1v) is 5.44. The van der Waals surface area contributed by atoms with Crippen LogP contribution in [0.3, 0.4) is 0 Å². The Hall–Kier alpha value is -2.18. The van der Waals surface area contributed by atoms with Gasteiger partial charge in [0.05, 0.1) is 6.20 Å². The van der Waals surface area contributed by atoms with Gasteiger partial charge in [-0.15, -0.1) is 0 Å². The highest BCUT2D eigenvalue weighted by atomic mass is 19.1. The van der Waals surface area contributed by atoms with E-state index in [2.05, 4.69) is 10.3 Å². The fraction of sp³-hybridized carbons (Fsp3) is 0.364. The van der Waals surface area contributed by atoms with Gasteiger partial charge in [-0.1, -0.05) is 0 Å². The van der Waals surface area contributed by atoms with Gasteiger partial charge in [-0.05, 0) is 13.0 Å². The van der Waals surface area contributed by atoms with Crippen LogP contribution in [0.2, 0.25) is 0 Å². The van der Waals surface area contributed by atoms with Gasteiger partial charge in [0, 0.05) is 13.1 Å². The number of carboxylic acids is 1. The number of anilines is 1. The molecule has 2 N–H and O–H groups in total. The van der Waals surface area contributed by atoms with Crippen LogP contribution in [0.15, 0.2) is 12.3 Å². The van der Waals surface area contributed by atoms with Crippen molar-refractivity contribution in [2.45, 2.75) is 13.0 Å². The Bertz CT molecular complexity index is 506. The molecular formula is C11H12FN3O3. The smallest absolute Gasteiger partial charge is 0.339 e. The van der Waals surface area contributed by atoms with Crippen molar-refractivity contribution in [1.29, 1.82) is 0 Å². The lowest BCUT2D eigenvalue weighted by atomic mass is 10.1. The summed E-state index contributed by atoms with van der Waals surface area (Å²) < 4.78 is 13.0. The molecule has 96 valence electrons. The molecular weight excluding hydrogens is 241 g/mol. The third-order valence-corrected chi connectivity index (χ3v) is 2.83. The summed E-state index contributed by atoms with van der Waals surface area (Å²) >= 11 is 0. The fourth-order valence-corrected chi connectivity index (χ4v) is 1.89. The number of aromatic carboxylic acids is 1. The highest BCUT2D eigenvalue weighted by Gasteiger charge is 2.29. The molecule has 0 radical (unpaired) electrons. The lowest BCUT2D eigenvalue weighted by Gasteiger charge is -2.34. The Labute approximate surface area is 102 Å². The second kappa shape index (κ2) is 4.59. The quantitative estimate of drug-likeness (QED) is 0.789. The molecule has 2 rings (SSSR count). The standard InChI is InChI=1S/C11H12FN3O3/c1-6-10(16)13-2-3-15(6)9-8(11(17)18)4-7(12)5-14-9/h4-6H,2-3H2,1H3,(H,13,16)(H,17,18). The molecule has 1 aliphatic rings. The molecule has 1 aromatic rings. The minimum absolute atomic E-state index is 0.117. The number of aromatic nitrogens is 1. The molecule has 1 saturated heterocycles. The molecule has 0 bridgehead atoms. The van der Waals surface area contributed by atoms with Crippen molar-refractivity contribution in [3.63, 3.8) is 0 Å². The molecule has 1 atom stereocenters. The van der Waals surface area contributed by atoms with Gasteiger partial charge in [0.15, 0.2) is 0 Å². The maximum Gasteiger partial charge on any atom is 0.339 e. The van der Waals surface area contributed by atoms with Crippen LogP contribution in [0.5, 0.6) is 0 Å². The maximum absolute atomic E-state index is 13.0. The van der Waals surface area contributed by atoms with Crippen LogP contribution in [0, 0.1) is 5.82 Å². The second-order valence-corrected chi connectivity index (χ2v) is 3.99. The minimum Gasteiger partial charge on any atom is -0.478 e. The van der Waals surface area contributed by atoms with Crippen LogP contribution >= 0.6 is 0 Å². The molecule has 1 aliphatic heterocycles. The molecule has 6 nitrogen and oxygen atoms in total. The topological polar surface area (TPSA) is 82.5 Å². The number of nitrogens with one attached hydrogen (secondary N) is 1. The van der Waals surface area contributed by atoms with Gasteiger partial charge in [-0.25, -0.2) is 14.2 Å². The average molecular weight is 253 g/mol. The Balaban J connectivity index is 2.43. The number of piperazine rings is 1. The highest BCUT2D eigenvalue weighted by Crippen LogP contribution is 2.21. The van der Waals surface area contributed by atoms with Gasteiger partial charge >= 0.3 is 5.97 Å². The van der Waals surface area contributed by atoms with Gasteiger partial charge in [0.25, 0.3) is 0 Å². The number of amides is 1. The van der Waals surface area contributed by atoms with Gasteiger partial charge < -0.3 is 15.3 Å². The molecule has 1 fully saturated rings. The predicted octanol–water partition coefficient (Wildman–Crippen LogP) is 0.244. The molecule has 0 spiro atoms. The lowest BCUT2D eigenvalue weighted by Crippen LogP contribution is -2.54. The summed E-state index contributed by atoms with van der Waals surface area (Å²) in [5.41, 5.74) is -0.239. The van der Waals surface area contributed by atoms with E-state index in [0.717, 1.165) is 12.3 Å². The van der Waals surface area contributed by atoms with Crippen molar-refractivity contribution in [3.05, 3.63) is 23.6 Å². The van der Waals surface area contributed by atoms with Gasteiger partial charge in [-0.2, -0.15) is 0 Å². The normalized spacial score (nSPS) is 19.6. The van der Waals surface area contributed by atoms with E-state index in [0.29, 0.717) is 13.1 Å². The molecule has 1 unspecified atom stereocenters. The van der Waals surface area contributed by atoms with Crippen LogP contribution in [-0.4, -0.2) is 41.1 Å². The van der Waals surface area contributed by atoms with Gasteiger partial charge in [0.2, 0.25) is 5.91 Å². The van der Waals surface area contributed by atoms with E-state index in [1.54, 1.807) is 11.8 Å². The Morgan fingerprint density at radius 3 is 3.06 bits per heavy atom. The van der Waals surface area contributed by atoms with Crippen LogP contribution in [0.4, 0.5) is 10.2 Å². The number of rotatable bonds is 2. The maximum atomic E-state index is 13.0. The number of carbonyl (C=O) groups excluding carboxylic acids is 1. The molecule has 18 heavy (non-hydrogen) atoms. The summed E-state index contributed by atoms with van der Waals surface area (Å²) in [6.07, 6.45) is 0.945. The Kier molecular flexibility index (Phi) is 3.14. The van der Waals surface area contributed by atoms with E-state index in [9.17, 15) is 14.0 Å². The van der Waals surface area contributed by atoms with Gasteiger partial charge in [-0.3, -0.25) is 4.79 Å². The zero-order valence-corrected chi connectivity index (χ0v) is 9.68. The minimum atomic E-state index is -1.27. The van der Waals surface area contributed by atoms with Crippen LogP contribution in [0.1, 0.15) is 17.3 Å². The van der Waals surface area contributed by atoms with Crippen molar-refractivity contribution in [3.8, 4) is 0 Å². The summed E-state index contributed by atoms with van der Waals surface area (Å²) in [5.74, 6) is -2.07. The largest absolute Gasteiger partial charge is 0.478 e. The Morgan fingerprint density at radius 2 is 2.39 bits per heavy atom. The van der Waals surface area contributed by atoms with Crippen molar-refractivity contribution >= 4 is 17.7 Å². The summed E-state index contributed by atoms with van der Waals surface area (Å²) in [7, 11) is 0. The van der Waals surface area contributed by atoms with E-state index in [4.69, 9.17) is 5.11 Å². The lowest BCUT2D eigenvalue weighted by molar-refractivity contribution is -0.122. The molecule has 0 aliphatic carbocycles. The van der Waals surface area contributed by atoms with E-state index in [1.165, 1.54) is 0 Å². The first-order chi connectivity index (χ1) is 8.50. The summed E-state index contributed by atoms with van der Waals surface area (Å²) in [4.78, 5) is 28.0. The highest BCUT2D eigenvalue weighted by molar-refractivity contribution is 5.95. The summed E-state index contributed by atoms with van der Waals surface area (Å²) in [6.45, 7) is 2.48. The van der Waals surface area contributed by atoms with Gasteiger partial charge in [0.1, 0.15) is 23.2 Å². The number of carbonyl (C=O) groups is 2. The molecule has 2 heterocycles. The molecule has 0 aromatic carbocycles. The second-order valence-electron chi connectivity index (χ2n) is 3.99. The molecule has 0 saturated carbocycles. The molecule has 1 aromatic heterocycles. The average Bonchev–Trinajstić information content (AvgIpc) is 2.33. The monoisotopic (exact) mass is 253 g/mol. The molecule has 7 heteroatoms. The third kappa shape index (κ3) is 2.11. The first kappa shape index (κ1) is 12.3. The number of nitrogens with zero attached hydrogens (tertiary/aromatic N) is 2. The van der Waals surface area contributed by atoms with Crippen molar-refractivity contribution < 1.29 is 19.1 Å². The van der Waals surface area contributed by atoms with Crippen molar-refractivity contribution in [2.75, 3.05) is 18.0 Å². The third-order valence-electron chi connectivity index (χ3n) is 2.83. The van der Waals surface area contributed by atoms with Crippen LogP contribution in [0.25, 0.3) is 0 Å². The fourth-order valence-electron chi connectivity index (χ4n) is 1.89. The zero-order valence-electron chi connectivity index (χ0n) is 9.68. The number of halogens is 1. The summed E-state index contributed by atoms with van der Waals surface area (Å²) in [6, 6.07) is 0.374.